The van der Waals surface area contributed by atoms with E-state index in [1.807, 2.05) is 0 Å². The van der Waals surface area contributed by atoms with E-state index in [-0.39, 0.29) is 12.4 Å². The van der Waals surface area contributed by atoms with Gasteiger partial charge in [0.15, 0.2) is 0 Å². The summed E-state index contributed by atoms with van der Waals surface area (Å²) in [6.45, 7) is 3.59. The summed E-state index contributed by atoms with van der Waals surface area (Å²) in [6, 6.07) is 5.32. The summed E-state index contributed by atoms with van der Waals surface area (Å²) in [6.07, 6.45) is 0. The number of carbonyl (C=O) groups excluding carboxylic acids is 2. The van der Waals surface area contributed by atoms with E-state index in [0.29, 0.717) is 11.3 Å². The molecule has 2 N–H and O–H groups in total. The molecule has 2 amide bonds. The third-order valence-electron chi connectivity index (χ3n) is 3.11. The van der Waals surface area contributed by atoms with Gasteiger partial charge in [0, 0.05) is 5.71 Å². The molecule has 20 heavy (non-hydrogen) atoms. The number of hydrogen-bond donors (Lipinski definition) is 2. The molecule has 0 bridgehead atoms. The number of nitrogens with one attached hydrogen (secondary N) is 1. The molecule has 0 fully saturated rings. The Morgan fingerprint density at radius 3 is 2.90 bits per heavy atom. The standard InChI is InChI=1S/C14H16N2O4/c1-3-20-13(18)11-8(2)15-14(19)16-12(11)9-5-4-6-10(17)7-9/h4-7,11-12,17H,3H2,1-2H3,(H,16,19). The van der Waals surface area contributed by atoms with Crippen LogP contribution in [-0.2, 0) is 9.53 Å². The van der Waals surface area contributed by atoms with Gasteiger partial charge in [-0.25, -0.2) is 9.79 Å². The van der Waals surface area contributed by atoms with Crippen LogP contribution in [0.1, 0.15) is 25.5 Å². The molecule has 1 heterocycles. The van der Waals surface area contributed by atoms with Crippen LogP contribution < -0.4 is 5.32 Å². The van der Waals surface area contributed by atoms with Crippen LogP contribution in [0.25, 0.3) is 0 Å². The van der Waals surface area contributed by atoms with Crippen LogP contribution in [0.3, 0.4) is 0 Å². The lowest BCUT2D eigenvalue weighted by molar-refractivity contribution is -0.146. The van der Waals surface area contributed by atoms with E-state index >= 15 is 0 Å². The molecule has 1 aliphatic heterocycles. The number of phenols is 1. The molecule has 0 radical (unpaired) electrons. The summed E-state index contributed by atoms with van der Waals surface area (Å²) >= 11 is 0. The minimum atomic E-state index is -0.686. The maximum absolute atomic E-state index is 12.1. The molecular formula is C14H16N2O4. The molecular weight excluding hydrogens is 260 g/mol. The predicted octanol–water partition coefficient (Wildman–Crippen LogP) is 1.80. The number of hydrogen-bond acceptors (Lipinski definition) is 4. The number of nitrogens with zero attached hydrogens (tertiary/aromatic N) is 1. The fraction of sp³-hybridized carbons (Fsp3) is 0.357. The van der Waals surface area contributed by atoms with Crippen molar-refractivity contribution in [3.63, 3.8) is 0 Å². The van der Waals surface area contributed by atoms with Crippen LogP contribution in [0.4, 0.5) is 4.79 Å². The molecule has 0 saturated heterocycles. The molecule has 0 spiro atoms. The van der Waals surface area contributed by atoms with Crippen LogP contribution in [0.15, 0.2) is 29.3 Å². The smallest absolute Gasteiger partial charge is 0.341 e. The van der Waals surface area contributed by atoms with Crippen LogP contribution in [0, 0.1) is 5.92 Å². The number of benzene rings is 1. The van der Waals surface area contributed by atoms with Gasteiger partial charge < -0.3 is 15.2 Å². The van der Waals surface area contributed by atoms with Gasteiger partial charge in [0.25, 0.3) is 0 Å². The molecule has 2 rings (SSSR count). The van der Waals surface area contributed by atoms with Crippen LogP contribution in [0.5, 0.6) is 5.75 Å². The predicted molar refractivity (Wildman–Crippen MR) is 72.6 cm³/mol. The molecule has 1 aromatic carbocycles. The second kappa shape index (κ2) is 5.73. The minimum absolute atomic E-state index is 0.0690. The third-order valence-corrected chi connectivity index (χ3v) is 3.11. The molecule has 1 aliphatic rings. The number of aliphatic imine (C=N–C) groups is 1. The van der Waals surface area contributed by atoms with Crippen molar-refractivity contribution in [1.29, 1.82) is 0 Å². The van der Waals surface area contributed by atoms with E-state index in [4.69, 9.17) is 4.74 Å². The minimum Gasteiger partial charge on any atom is -0.508 e. The zero-order valence-corrected chi connectivity index (χ0v) is 11.3. The number of phenolic OH excluding ortho intramolecular Hbond substituents is 1. The average molecular weight is 276 g/mol. The second-order valence-corrected chi connectivity index (χ2v) is 4.51. The van der Waals surface area contributed by atoms with Crippen LogP contribution >= 0.6 is 0 Å². The lowest BCUT2D eigenvalue weighted by Gasteiger charge is -2.29. The SMILES string of the molecule is CCOC(=O)C1C(C)=NC(=O)NC1c1cccc(O)c1. The van der Waals surface area contributed by atoms with Crippen molar-refractivity contribution >= 4 is 17.7 Å². The Kier molecular flexibility index (Phi) is 4.02. The van der Waals surface area contributed by atoms with E-state index in [9.17, 15) is 14.7 Å². The van der Waals surface area contributed by atoms with Gasteiger partial charge in [-0.2, -0.15) is 0 Å². The van der Waals surface area contributed by atoms with Gasteiger partial charge in [0.05, 0.1) is 12.6 Å². The average Bonchev–Trinajstić information content (AvgIpc) is 2.37. The number of carbonyl (C=O) groups is 2. The van der Waals surface area contributed by atoms with Crippen LogP contribution in [0.2, 0.25) is 0 Å². The highest BCUT2D eigenvalue weighted by molar-refractivity contribution is 6.08. The molecule has 2 atom stereocenters. The van der Waals surface area contributed by atoms with Crippen molar-refractivity contribution in [2.24, 2.45) is 10.9 Å². The highest BCUT2D eigenvalue weighted by Crippen LogP contribution is 2.29. The van der Waals surface area contributed by atoms with Crippen LogP contribution in [-0.4, -0.2) is 29.4 Å². The number of urea groups is 1. The van der Waals surface area contributed by atoms with Crippen molar-refractivity contribution in [2.45, 2.75) is 19.9 Å². The number of aromatic hydroxyl groups is 1. The first-order valence-electron chi connectivity index (χ1n) is 6.34. The highest BCUT2D eigenvalue weighted by Gasteiger charge is 2.37. The fourth-order valence-electron chi connectivity index (χ4n) is 2.25. The fourth-order valence-corrected chi connectivity index (χ4v) is 2.25. The molecule has 1 aromatic rings. The van der Waals surface area contributed by atoms with Gasteiger partial charge in [-0.1, -0.05) is 12.1 Å². The molecule has 106 valence electrons. The van der Waals surface area contributed by atoms with Gasteiger partial charge in [-0.15, -0.1) is 0 Å². The molecule has 0 aromatic heterocycles. The number of esters is 1. The zero-order valence-electron chi connectivity index (χ0n) is 11.3. The Hall–Kier alpha value is -2.37. The monoisotopic (exact) mass is 276 g/mol. The summed E-state index contributed by atoms with van der Waals surface area (Å²) in [5, 5.41) is 12.2. The Bertz CT molecular complexity index is 568. The highest BCUT2D eigenvalue weighted by atomic mass is 16.5. The number of ether oxygens (including phenoxy) is 1. The van der Waals surface area contributed by atoms with Gasteiger partial charge in [-0.05, 0) is 31.5 Å². The van der Waals surface area contributed by atoms with E-state index in [2.05, 4.69) is 10.3 Å². The molecule has 2 unspecified atom stereocenters. The lowest BCUT2D eigenvalue weighted by atomic mass is 9.88. The second-order valence-electron chi connectivity index (χ2n) is 4.51. The van der Waals surface area contributed by atoms with Gasteiger partial charge in [0.1, 0.15) is 11.7 Å². The van der Waals surface area contributed by atoms with Crippen molar-refractivity contribution in [3.05, 3.63) is 29.8 Å². The molecule has 6 nitrogen and oxygen atoms in total. The van der Waals surface area contributed by atoms with Gasteiger partial charge in [0.2, 0.25) is 0 Å². The quantitative estimate of drug-likeness (QED) is 0.824. The van der Waals surface area contributed by atoms with Gasteiger partial charge in [-0.3, -0.25) is 4.79 Å². The Morgan fingerprint density at radius 1 is 1.50 bits per heavy atom. The van der Waals surface area contributed by atoms with Crippen molar-refractivity contribution in [3.8, 4) is 5.75 Å². The summed E-state index contributed by atoms with van der Waals surface area (Å²) < 4.78 is 5.04. The topological polar surface area (TPSA) is 88.0 Å². The molecule has 0 saturated carbocycles. The summed E-state index contributed by atoms with van der Waals surface area (Å²) in [4.78, 5) is 27.4. The largest absolute Gasteiger partial charge is 0.508 e. The van der Waals surface area contributed by atoms with Crippen molar-refractivity contribution < 1.29 is 19.4 Å². The molecule has 0 aliphatic carbocycles. The Labute approximate surface area is 116 Å². The number of amides is 2. The first-order chi connectivity index (χ1) is 9.52. The van der Waals surface area contributed by atoms with Gasteiger partial charge >= 0.3 is 12.0 Å². The van der Waals surface area contributed by atoms with Crippen molar-refractivity contribution in [1.82, 2.24) is 5.32 Å². The summed E-state index contributed by atoms with van der Waals surface area (Å²) in [5.41, 5.74) is 1.03. The van der Waals surface area contributed by atoms with E-state index < -0.39 is 24.0 Å². The first-order valence-corrected chi connectivity index (χ1v) is 6.34. The van der Waals surface area contributed by atoms with E-state index in [1.54, 1.807) is 26.0 Å². The normalized spacial score (nSPS) is 21.9. The first kappa shape index (κ1) is 14.0. The maximum atomic E-state index is 12.1. The van der Waals surface area contributed by atoms with E-state index in [0.717, 1.165) is 0 Å². The Morgan fingerprint density at radius 2 is 2.25 bits per heavy atom. The van der Waals surface area contributed by atoms with E-state index in [1.165, 1.54) is 12.1 Å². The maximum Gasteiger partial charge on any atom is 0.341 e. The molecule has 6 heteroatoms. The summed E-state index contributed by atoms with van der Waals surface area (Å²) in [5.74, 6) is -1.06. The Balaban J connectivity index is 2.40. The third kappa shape index (κ3) is 2.79. The van der Waals surface area contributed by atoms with Crippen molar-refractivity contribution in [2.75, 3.05) is 6.61 Å². The number of rotatable bonds is 3. The zero-order chi connectivity index (χ0) is 14.7. The lowest BCUT2D eigenvalue weighted by Crippen LogP contribution is -2.44. The summed E-state index contributed by atoms with van der Waals surface area (Å²) in [7, 11) is 0.